The van der Waals surface area contributed by atoms with Crippen molar-refractivity contribution in [2.24, 2.45) is 0 Å². The van der Waals surface area contributed by atoms with Gasteiger partial charge in [-0.15, -0.1) is 11.8 Å². The number of hydrogen-bond acceptors (Lipinski definition) is 5. The normalized spacial score (nSPS) is 22.6. The summed E-state index contributed by atoms with van der Waals surface area (Å²) in [5, 5.41) is 1.65. The number of nitrogens with one attached hydrogen (secondary N) is 1. The predicted molar refractivity (Wildman–Crippen MR) is 94.2 cm³/mol. The van der Waals surface area contributed by atoms with Gasteiger partial charge in [0.15, 0.2) is 9.84 Å². The maximum atomic E-state index is 12.8. The van der Waals surface area contributed by atoms with Crippen LogP contribution in [0.15, 0.2) is 23.1 Å². The summed E-state index contributed by atoms with van der Waals surface area (Å²) in [5.74, 6) is -0.950. The van der Waals surface area contributed by atoms with Gasteiger partial charge in [-0.3, -0.25) is 9.59 Å². The monoisotopic (exact) mass is 422 g/mol. The molecule has 1 N–H and O–H groups in total. The molecule has 1 unspecified atom stereocenters. The zero-order valence-corrected chi connectivity index (χ0v) is 15.7. The van der Waals surface area contributed by atoms with Crippen molar-refractivity contribution in [3.05, 3.63) is 23.8 Å². The average Bonchev–Trinajstić information content (AvgIpc) is 2.75. The molecule has 1 saturated heterocycles. The van der Waals surface area contributed by atoms with E-state index in [1.165, 1.54) is 11.0 Å². The summed E-state index contributed by atoms with van der Waals surface area (Å²) >= 11 is 1.04. The Morgan fingerprint density at radius 1 is 1.26 bits per heavy atom. The number of thioether (sulfide) groups is 1. The third kappa shape index (κ3) is 4.75. The Bertz CT molecular complexity index is 871. The summed E-state index contributed by atoms with van der Waals surface area (Å²) in [5.41, 5.74) is -0.785. The molecule has 2 aliphatic rings. The van der Waals surface area contributed by atoms with E-state index in [0.717, 1.165) is 23.9 Å². The molecular formula is C16H17F3N2O4S2. The van der Waals surface area contributed by atoms with Crippen LogP contribution < -0.4 is 5.32 Å². The lowest BCUT2D eigenvalue weighted by Crippen LogP contribution is -2.38. The van der Waals surface area contributed by atoms with Crippen molar-refractivity contribution < 1.29 is 31.2 Å². The molecule has 0 saturated carbocycles. The number of benzene rings is 1. The fourth-order valence-electron chi connectivity index (χ4n) is 2.94. The minimum absolute atomic E-state index is 0.0321. The van der Waals surface area contributed by atoms with Gasteiger partial charge in [0.1, 0.15) is 0 Å². The SMILES string of the molecule is O=C1Nc2cc(C(F)(F)F)ccc2SC1CC(=O)N1CCCS(=O)(=O)CC1. The number of nitrogens with zero attached hydrogens (tertiary/aromatic N) is 1. The van der Waals surface area contributed by atoms with Crippen molar-refractivity contribution in [1.29, 1.82) is 0 Å². The van der Waals surface area contributed by atoms with Gasteiger partial charge in [-0.05, 0) is 24.6 Å². The maximum absolute atomic E-state index is 12.8. The Morgan fingerprint density at radius 2 is 2.00 bits per heavy atom. The van der Waals surface area contributed by atoms with Crippen LogP contribution in [-0.4, -0.2) is 55.0 Å². The molecule has 1 fully saturated rings. The van der Waals surface area contributed by atoms with Crippen LogP contribution in [0.3, 0.4) is 0 Å². The average molecular weight is 422 g/mol. The number of sulfone groups is 1. The molecule has 0 spiro atoms. The molecule has 1 aromatic carbocycles. The smallest absolute Gasteiger partial charge is 0.342 e. The highest BCUT2D eigenvalue weighted by molar-refractivity contribution is 8.01. The first-order chi connectivity index (χ1) is 12.5. The number of carbonyl (C=O) groups excluding carboxylic acids is 2. The van der Waals surface area contributed by atoms with Crippen LogP contribution in [-0.2, 0) is 25.6 Å². The minimum Gasteiger partial charge on any atom is -0.342 e. The highest BCUT2D eigenvalue weighted by Crippen LogP contribution is 2.40. The van der Waals surface area contributed by atoms with Gasteiger partial charge in [0.25, 0.3) is 0 Å². The van der Waals surface area contributed by atoms with E-state index in [2.05, 4.69) is 5.32 Å². The number of amides is 2. The number of alkyl halides is 3. The molecule has 0 aromatic heterocycles. The molecule has 2 heterocycles. The van der Waals surface area contributed by atoms with Crippen molar-refractivity contribution in [2.45, 2.75) is 29.2 Å². The van der Waals surface area contributed by atoms with E-state index in [0.29, 0.717) is 17.9 Å². The zero-order valence-electron chi connectivity index (χ0n) is 14.1. The second-order valence-corrected chi connectivity index (χ2v) is 9.94. The van der Waals surface area contributed by atoms with Crippen molar-refractivity contribution in [3.63, 3.8) is 0 Å². The van der Waals surface area contributed by atoms with Gasteiger partial charge in [0.05, 0.1) is 28.0 Å². The van der Waals surface area contributed by atoms with Gasteiger partial charge in [0.2, 0.25) is 11.8 Å². The lowest BCUT2D eigenvalue weighted by molar-refractivity contribution is -0.137. The van der Waals surface area contributed by atoms with E-state index >= 15 is 0 Å². The van der Waals surface area contributed by atoms with E-state index in [1.807, 2.05) is 0 Å². The van der Waals surface area contributed by atoms with Crippen molar-refractivity contribution in [3.8, 4) is 0 Å². The zero-order chi connectivity index (χ0) is 19.8. The Kier molecular flexibility index (Phi) is 5.44. The number of anilines is 1. The molecule has 0 bridgehead atoms. The highest BCUT2D eigenvalue weighted by Gasteiger charge is 2.35. The molecular weight excluding hydrogens is 405 g/mol. The van der Waals surface area contributed by atoms with Crippen LogP contribution >= 0.6 is 11.8 Å². The number of fused-ring (bicyclic) bond motifs is 1. The molecule has 3 rings (SSSR count). The summed E-state index contributed by atoms with van der Waals surface area (Å²) in [7, 11) is -3.16. The summed E-state index contributed by atoms with van der Waals surface area (Å²) in [6.07, 6.45) is -4.30. The fraction of sp³-hybridized carbons (Fsp3) is 0.500. The Hall–Kier alpha value is -1.75. The molecule has 6 nitrogen and oxygen atoms in total. The van der Waals surface area contributed by atoms with Crippen LogP contribution in [0, 0.1) is 0 Å². The molecule has 0 radical (unpaired) electrons. The molecule has 0 aliphatic carbocycles. The topological polar surface area (TPSA) is 83.6 Å². The maximum Gasteiger partial charge on any atom is 0.416 e. The molecule has 2 amide bonds. The van der Waals surface area contributed by atoms with E-state index in [9.17, 15) is 31.2 Å². The Balaban J connectivity index is 1.68. The summed E-state index contributed by atoms with van der Waals surface area (Å²) in [6.45, 7) is 0.397. The van der Waals surface area contributed by atoms with Crippen molar-refractivity contribution in [1.82, 2.24) is 4.90 Å². The standard InChI is InChI=1S/C16H17F3N2O4S2/c17-16(18,19)10-2-3-12-11(8-10)20-15(23)13(26-12)9-14(22)21-4-1-6-27(24,25)7-5-21/h2-3,8,13H,1,4-7,9H2,(H,20,23). The molecule has 2 aliphatic heterocycles. The first kappa shape index (κ1) is 20.0. The quantitative estimate of drug-likeness (QED) is 0.790. The van der Waals surface area contributed by atoms with E-state index in [1.54, 1.807) is 0 Å². The van der Waals surface area contributed by atoms with Gasteiger partial charge in [-0.2, -0.15) is 13.2 Å². The second-order valence-electron chi connectivity index (χ2n) is 6.39. The lowest BCUT2D eigenvalue weighted by Gasteiger charge is -2.27. The van der Waals surface area contributed by atoms with Crippen LogP contribution in [0.25, 0.3) is 0 Å². The van der Waals surface area contributed by atoms with E-state index in [-0.39, 0.29) is 36.1 Å². The molecule has 1 aromatic rings. The van der Waals surface area contributed by atoms with Gasteiger partial charge >= 0.3 is 6.18 Å². The van der Waals surface area contributed by atoms with Crippen molar-refractivity contribution in [2.75, 3.05) is 29.9 Å². The van der Waals surface area contributed by atoms with Crippen LogP contribution in [0.4, 0.5) is 18.9 Å². The highest BCUT2D eigenvalue weighted by atomic mass is 32.2. The Morgan fingerprint density at radius 3 is 2.70 bits per heavy atom. The number of rotatable bonds is 2. The molecule has 148 valence electrons. The largest absolute Gasteiger partial charge is 0.416 e. The third-order valence-electron chi connectivity index (χ3n) is 4.39. The van der Waals surface area contributed by atoms with Crippen molar-refractivity contribution >= 4 is 39.1 Å². The van der Waals surface area contributed by atoms with E-state index in [4.69, 9.17) is 0 Å². The van der Waals surface area contributed by atoms with Gasteiger partial charge < -0.3 is 10.2 Å². The molecule has 27 heavy (non-hydrogen) atoms. The predicted octanol–water partition coefficient (Wildman–Crippen LogP) is 2.16. The first-order valence-corrected chi connectivity index (χ1v) is 10.9. The number of halogens is 3. The molecule has 11 heteroatoms. The van der Waals surface area contributed by atoms with Gasteiger partial charge in [0, 0.05) is 24.4 Å². The number of hydrogen-bond donors (Lipinski definition) is 1. The van der Waals surface area contributed by atoms with Gasteiger partial charge in [-0.1, -0.05) is 0 Å². The lowest BCUT2D eigenvalue weighted by atomic mass is 10.1. The third-order valence-corrected chi connectivity index (χ3v) is 7.39. The summed E-state index contributed by atoms with van der Waals surface area (Å²) in [6, 6.07) is 3.08. The fourth-order valence-corrected chi connectivity index (χ4v) is 5.29. The number of carbonyl (C=O) groups is 2. The minimum atomic E-state index is -4.51. The molecule has 1 atom stereocenters. The van der Waals surface area contributed by atoms with Crippen LogP contribution in [0.1, 0.15) is 18.4 Å². The van der Waals surface area contributed by atoms with Crippen LogP contribution in [0.5, 0.6) is 0 Å². The Labute approximate surface area is 158 Å². The second kappa shape index (κ2) is 7.34. The van der Waals surface area contributed by atoms with Gasteiger partial charge in [-0.25, -0.2) is 8.42 Å². The first-order valence-electron chi connectivity index (χ1n) is 8.22. The summed E-state index contributed by atoms with van der Waals surface area (Å²) < 4.78 is 61.6. The van der Waals surface area contributed by atoms with E-state index < -0.39 is 32.7 Å². The van der Waals surface area contributed by atoms with Crippen LogP contribution in [0.2, 0.25) is 0 Å². The summed E-state index contributed by atoms with van der Waals surface area (Å²) in [4.78, 5) is 26.6.